The van der Waals surface area contributed by atoms with Crippen LogP contribution in [0.3, 0.4) is 0 Å². The number of alkyl halides is 1. The zero-order valence-corrected chi connectivity index (χ0v) is 10.1. The van der Waals surface area contributed by atoms with Crippen LogP contribution in [0.4, 0.5) is 10.1 Å². The zero-order chi connectivity index (χ0) is 11.8. The molecule has 0 amide bonds. The molecule has 1 aromatic carbocycles. The van der Waals surface area contributed by atoms with E-state index >= 15 is 0 Å². The molecule has 1 unspecified atom stereocenters. The molecule has 0 aliphatic carbocycles. The van der Waals surface area contributed by atoms with Crippen molar-refractivity contribution < 1.29 is 14.3 Å². The number of para-hydroxylation sites is 1. The second-order valence-electron chi connectivity index (χ2n) is 3.89. The molecule has 0 radical (unpaired) electrons. The van der Waals surface area contributed by atoms with Crippen molar-refractivity contribution in [2.24, 2.45) is 0 Å². The second-order valence-corrected chi connectivity index (χ2v) is 4.75. The van der Waals surface area contributed by atoms with E-state index in [9.17, 15) is 9.18 Å². The number of rotatable bonds is 2. The van der Waals surface area contributed by atoms with Gasteiger partial charge in [-0.15, -0.1) is 0 Å². The third-order valence-corrected chi connectivity index (χ3v) is 3.47. The maximum atomic E-state index is 13.8. The van der Waals surface area contributed by atoms with Crippen LogP contribution in [0.5, 0.6) is 0 Å². The van der Waals surface area contributed by atoms with E-state index in [0.29, 0.717) is 6.54 Å². The smallest absolute Gasteiger partial charge is 0.343 e. The number of hydrogen-bond acceptors (Lipinski definition) is 2. The van der Waals surface area contributed by atoms with Gasteiger partial charge in [0.1, 0.15) is 0 Å². The highest BCUT2D eigenvalue weighted by atomic mass is 79.9. The molecule has 3 nitrogen and oxygen atoms in total. The Morgan fingerprint density at radius 3 is 2.75 bits per heavy atom. The first-order valence-electron chi connectivity index (χ1n) is 4.95. The molecule has 86 valence electrons. The summed E-state index contributed by atoms with van der Waals surface area (Å²) in [6, 6.07) is 7.41. The second kappa shape index (κ2) is 4.05. The molecule has 5 heteroatoms. The summed E-state index contributed by atoms with van der Waals surface area (Å²) in [7, 11) is 0. The number of carboxylic acids is 1. The molecule has 1 N–H and O–H groups in total. The van der Waals surface area contributed by atoms with E-state index in [0.717, 1.165) is 10.2 Å². The topological polar surface area (TPSA) is 40.5 Å². The lowest BCUT2D eigenvalue weighted by Crippen LogP contribution is -2.37. The Hall–Kier alpha value is -1.10. The molecule has 1 aliphatic rings. The summed E-state index contributed by atoms with van der Waals surface area (Å²) in [5, 5.41) is 8.79. The summed E-state index contributed by atoms with van der Waals surface area (Å²) in [6.07, 6.45) is 0.0314. The van der Waals surface area contributed by atoms with Crippen LogP contribution in [0, 0.1) is 0 Å². The molecule has 0 spiro atoms. The number of nitrogens with zero attached hydrogens (tertiary/aromatic N) is 1. The van der Waals surface area contributed by atoms with Crippen molar-refractivity contribution in [1.82, 2.24) is 0 Å². The Morgan fingerprint density at radius 2 is 2.19 bits per heavy atom. The van der Waals surface area contributed by atoms with Crippen LogP contribution in [0.15, 0.2) is 28.7 Å². The predicted molar refractivity (Wildman–Crippen MR) is 62.4 cm³/mol. The minimum absolute atomic E-state index is 0.0314. The van der Waals surface area contributed by atoms with Gasteiger partial charge in [0, 0.05) is 17.4 Å². The highest BCUT2D eigenvalue weighted by Crippen LogP contribution is 2.33. The van der Waals surface area contributed by atoms with Gasteiger partial charge < -0.3 is 10.0 Å². The normalized spacial score (nSPS) is 24.8. The molecule has 2 rings (SSSR count). The summed E-state index contributed by atoms with van der Waals surface area (Å²) < 4.78 is 14.7. The fourth-order valence-electron chi connectivity index (χ4n) is 1.86. The lowest BCUT2D eigenvalue weighted by Gasteiger charge is -2.20. The molecular formula is C11H11BrFNO2. The Labute approximate surface area is 101 Å². The van der Waals surface area contributed by atoms with Gasteiger partial charge in [-0.3, -0.25) is 0 Å². The minimum atomic E-state index is -2.12. The van der Waals surface area contributed by atoms with Gasteiger partial charge in [0.2, 0.25) is 5.67 Å². The average Bonchev–Trinajstić information content (AvgIpc) is 2.63. The SMILES string of the molecule is O=C(O)C1(F)CCN(c2ccccc2Br)C1. The van der Waals surface area contributed by atoms with Gasteiger partial charge in [-0.25, -0.2) is 9.18 Å². The Morgan fingerprint density at radius 1 is 1.50 bits per heavy atom. The van der Waals surface area contributed by atoms with Gasteiger partial charge in [0.15, 0.2) is 0 Å². The van der Waals surface area contributed by atoms with Crippen LogP contribution in [0.2, 0.25) is 0 Å². The summed E-state index contributed by atoms with van der Waals surface area (Å²) in [5.41, 5.74) is -1.28. The van der Waals surface area contributed by atoms with E-state index in [1.54, 1.807) is 4.90 Å². The van der Waals surface area contributed by atoms with Crippen molar-refractivity contribution in [3.63, 3.8) is 0 Å². The van der Waals surface area contributed by atoms with E-state index in [-0.39, 0.29) is 13.0 Å². The largest absolute Gasteiger partial charge is 0.479 e. The molecule has 0 bridgehead atoms. The first-order chi connectivity index (χ1) is 7.53. The first-order valence-corrected chi connectivity index (χ1v) is 5.74. The van der Waals surface area contributed by atoms with Gasteiger partial charge in [0.05, 0.1) is 12.2 Å². The van der Waals surface area contributed by atoms with Crippen molar-refractivity contribution in [1.29, 1.82) is 0 Å². The molecule has 0 aromatic heterocycles. The molecule has 1 aliphatic heterocycles. The molecule has 1 aromatic rings. The van der Waals surface area contributed by atoms with E-state index in [1.807, 2.05) is 24.3 Å². The Bertz CT molecular complexity index is 426. The number of carbonyl (C=O) groups is 1. The van der Waals surface area contributed by atoms with E-state index < -0.39 is 11.6 Å². The number of halogens is 2. The summed E-state index contributed by atoms with van der Waals surface area (Å²) in [4.78, 5) is 12.5. The van der Waals surface area contributed by atoms with Crippen LogP contribution in [0.1, 0.15) is 6.42 Å². The maximum Gasteiger partial charge on any atom is 0.343 e. The van der Waals surface area contributed by atoms with Crippen molar-refractivity contribution in [2.75, 3.05) is 18.0 Å². The van der Waals surface area contributed by atoms with Crippen LogP contribution in [-0.2, 0) is 4.79 Å². The fraction of sp³-hybridized carbons (Fsp3) is 0.364. The summed E-state index contributed by atoms with van der Waals surface area (Å²) in [5.74, 6) is -1.37. The summed E-state index contributed by atoms with van der Waals surface area (Å²) >= 11 is 3.37. The number of aliphatic carboxylic acids is 1. The van der Waals surface area contributed by atoms with Crippen LogP contribution in [0.25, 0.3) is 0 Å². The van der Waals surface area contributed by atoms with Crippen LogP contribution < -0.4 is 4.90 Å². The van der Waals surface area contributed by atoms with Crippen molar-refractivity contribution >= 4 is 27.6 Å². The molecule has 16 heavy (non-hydrogen) atoms. The van der Waals surface area contributed by atoms with Crippen LogP contribution >= 0.6 is 15.9 Å². The van der Waals surface area contributed by atoms with Gasteiger partial charge in [0.25, 0.3) is 0 Å². The van der Waals surface area contributed by atoms with Gasteiger partial charge in [-0.1, -0.05) is 12.1 Å². The highest BCUT2D eigenvalue weighted by molar-refractivity contribution is 9.10. The van der Waals surface area contributed by atoms with E-state index in [2.05, 4.69) is 15.9 Å². The molecule has 1 fully saturated rings. The lowest BCUT2D eigenvalue weighted by molar-refractivity contribution is -0.149. The van der Waals surface area contributed by atoms with E-state index in [4.69, 9.17) is 5.11 Å². The Kier molecular flexibility index (Phi) is 2.88. The molecular weight excluding hydrogens is 277 g/mol. The quantitative estimate of drug-likeness (QED) is 0.908. The summed E-state index contributed by atoms with van der Waals surface area (Å²) in [6.45, 7) is 0.330. The molecule has 1 heterocycles. The molecule has 1 atom stereocenters. The predicted octanol–water partition coefficient (Wildman–Crippen LogP) is 2.45. The first kappa shape index (κ1) is 11.4. The minimum Gasteiger partial charge on any atom is -0.479 e. The fourth-order valence-corrected chi connectivity index (χ4v) is 2.40. The van der Waals surface area contributed by atoms with Gasteiger partial charge in [-0.05, 0) is 28.1 Å². The molecule has 1 saturated heterocycles. The highest BCUT2D eigenvalue weighted by Gasteiger charge is 2.45. The van der Waals surface area contributed by atoms with Crippen LogP contribution in [-0.4, -0.2) is 29.8 Å². The van der Waals surface area contributed by atoms with Crippen molar-refractivity contribution in [3.05, 3.63) is 28.7 Å². The third kappa shape index (κ3) is 1.91. The van der Waals surface area contributed by atoms with Crippen molar-refractivity contribution in [2.45, 2.75) is 12.1 Å². The Balaban J connectivity index is 2.22. The molecule has 0 saturated carbocycles. The monoisotopic (exact) mass is 287 g/mol. The standard InChI is InChI=1S/C11H11BrFNO2/c12-8-3-1-2-4-9(8)14-6-5-11(13,7-14)10(15)16/h1-4H,5-7H2,(H,15,16). The van der Waals surface area contributed by atoms with Gasteiger partial charge in [-0.2, -0.15) is 0 Å². The maximum absolute atomic E-state index is 13.8. The number of benzene rings is 1. The zero-order valence-electron chi connectivity index (χ0n) is 8.49. The third-order valence-electron chi connectivity index (χ3n) is 2.80. The number of anilines is 1. The number of carboxylic acid groups (broad SMARTS) is 1. The number of hydrogen-bond donors (Lipinski definition) is 1. The lowest BCUT2D eigenvalue weighted by atomic mass is 10.1. The van der Waals surface area contributed by atoms with Crippen molar-refractivity contribution in [3.8, 4) is 0 Å². The average molecular weight is 288 g/mol. The van der Waals surface area contributed by atoms with E-state index in [1.165, 1.54) is 0 Å². The van der Waals surface area contributed by atoms with Gasteiger partial charge >= 0.3 is 5.97 Å².